The summed E-state index contributed by atoms with van der Waals surface area (Å²) in [5, 5.41) is 0. The van der Waals surface area contributed by atoms with E-state index in [0.29, 0.717) is 28.1 Å². The third-order valence-corrected chi connectivity index (χ3v) is 12.3. The van der Waals surface area contributed by atoms with Crippen molar-refractivity contribution in [3.8, 4) is 12.3 Å². The lowest BCUT2D eigenvalue weighted by Gasteiger charge is -2.44. The van der Waals surface area contributed by atoms with E-state index in [2.05, 4.69) is 65.7 Å². The Morgan fingerprint density at radius 1 is 0.939 bits per heavy atom. The zero-order chi connectivity index (χ0) is 24.4. The molecule has 0 unspecified atom stereocenters. The van der Waals surface area contributed by atoms with Gasteiger partial charge in [-0.05, 0) is 53.2 Å². The van der Waals surface area contributed by atoms with E-state index in [0.717, 1.165) is 12.8 Å². The highest BCUT2D eigenvalue weighted by Gasteiger charge is 2.48. The molecule has 3 nitrogen and oxygen atoms in total. The molecule has 0 fully saturated rings. The summed E-state index contributed by atoms with van der Waals surface area (Å²) in [5.74, 6) is 3.17. The number of aryl methyl sites for hydroxylation is 1. The Morgan fingerprint density at radius 3 is 1.94 bits per heavy atom. The van der Waals surface area contributed by atoms with Crippen LogP contribution in [-0.4, -0.2) is 25.7 Å². The van der Waals surface area contributed by atoms with Gasteiger partial charge < -0.3 is 4.43 Å². The molecule has 0 aliphatic heterocycles. The smallest absolute Gasteiger partial charge is 0.261 e. The fourth-order valence-corrected chi connectivity index (χ4v) is 10.1. The van der Waals surface area contributed by atoms with Crippen molar-refractivity contribution >= 4 is 14.2 Å². The summed E-state index contributed by atoms with van der Waals surface area (Å²) < 4.78 is 7.03. The maximum Gasteiger partial charge on any atom is 0.261 e. The molecule has 0 N–H and O–H groups in total. The lowest BCUT2D eigenvalue weighted by atomic mass is 10.1. The van der Waals surface area contributed by atoms with Crippen molar-refractivity contribution in [1.29, 1.82) is 0 Å². The van der Waals surface area contributed by atoms with Crippen LogP contribution in [0.1, 0.15) is 63.9 Å². The van der Waals surface area contributed by atoms with E-state index in [1.807, 2.05) is 48.5 Å². The first-order valence-corrected chi connectivity index (χ1v) is 14.1. The monoisotopic (exact) mass is 461 g/mol. The van der Waals surface area contributed by atoms with Gasteiger partial charge in [-0.15, -0.1) is 6.42 Å². The van der Waals surface area contributed by atoms with Crippen LogP contribution in [0.2, 0.25) is 16.6 Å². The molecular weight excluding hydrogens is 422 g/mol. The van der Waals surface area contributed by atoms with Crippen molar-refractivity contribution in [2.45, 2.75) is 71.0 Å². The topological polar surface area (TPSA) is 29.5 Å². The van der Waals surface area contributed by atoms with Gasteiger partial charge in [0.2, 0.25) is 0 Å². The fraction of sp³-hybridized carbons (Fsp3) is 0.414. The molecule has 1 amide bonds. The highest BCUT2D eigenvalue weighted by molar-refractivity contribution is 6.77. The Kier molecular flexibility index (Phi) is 10.00. The van der Waals surface area contributed by atoms with Crippen LogP contribution < -0.4 is 0 Å². The molecule has 2 aromatic carbocycles. The second-order valence-electron chi connectivity index (χ2n) is 9.45. The molecule has 0 spiro atoms. The summed E-state index contributed by atoms with van der Waals surface area (Å²) in [6.45, 7) is 13.7. The molecular formula is C29H39NO2Si. The molecule has 0 heterocycles. The van der Waals surface area contributed by atoms with Gasteiger partial charge in [-0.3, -0.25) is 9.69 Å². The van der Waals surface area contributed by atoms with E-state index < -0.39 is 8.32 Å². The van der Waals surface area contributed by atoms with Gasteiger partial charge in [0.1, 0.15) is 0 Å². The maximum absolute atomic E-state index is 13.5. The summed E-state index contributed by atoms with van der Waals surface area (Å²) in [6.07, 6.45) is 9.44. The van der Waals surface area contributed by atoms with Crippen molar-refractivity contribution in [1.82, 2.24) is 4.90 Å². The zero-order valence-electron chi connectivity index (χ0n) is 21.0. The van der Waals surface area contributed by atoms with Gasteiger partial charge in [0.05, 0.1) is 6.54 Å². The van der Waals surface area contributed by atoms with Crippen LogP contribution in [0.3, 0.4) is 0 Å². The zero-order valence-corrected chi connectivity index (χ0v) is 22.0. The largest absolute Gasteiger partial charge is 0.531 e. The molecule has 0 atom stereocenters. The predicted molar refractivity (Wildman–Crippen MR) is 141 cm³/mol. The SMILES string of the molecule is C#CCN(C(=O)c1ccccc1)/C(=C/CCc1ccccc1)O[Si](C(C)C)(C(C)C)C(C)C. The average molecular weight is 462 g/mol. The Labute approximate surface area is 202 Å². The second kappa shape index (κ2) is 12.5. The van der Waals surface area contributed by atoms with Gasteiger partial charge in [0, 0.05) is 5.56 Å². The molecule has 0 aromatic heterocycles. The number of nitrogens with zero attached hydrogens (tertiary/aromatic N) is 1. The van der Waals surface area contributed by atoms with E-state index >= 15 is 0 Å². The molecule has 176 valence electrons. The summed E-state index contributed by atoms with van der Waals surface area (Å²) in [7, 11) is -2.29. The molecule has 33 heavy (non-hydrogen) atoms. The number of hydrogen-bond donors (Lipinski definition) is 0. The third-order valence-electron chi connectivity index (χ3n) is 6.36. The maximum atomic E-state index is 13.5. The van der Waals surface area contributed by atoms with Crippen LogP contribution in [0.25, 0.3) is 0 Å². The van der Waals surface area contributed by atoms with Crippen LogP contribution >= 0.6 is 0 Å². The Morgan fingerprint density at radius 2 is 1.45 bits per heavy atom. The van der Waals surface area contributed by atoms with E-state index in [4.69, 9.17) is 10.8 Å². The Balaban J connectivity index is 2.50. The summed E-state index contributed by atoms with van der Waals surface area (Å²) in [5.41, 5.74) is 3.01. The summed E-state index contributed by atoms with van der Waals surface area (Å²) in [6, 6.07) is 19.7. The molecule has 0 radical (unpaired) electrons. The number of carbonyl (C=O) groups is 1. The number of allylic oxidation sites excluding steroid dienone is 1. The van der Waals surface area contributed by atoms with Gasteiger partial charge in [-0.2, -0.15) is 0 Å². The minimum atomic E-state index is -2.29. The van der Waals surface area contributed by atoms with Crippen molar-refractivity contribution in [3.63, 3.8) is 0 Å². The quantitative estimate of drug-likeness (QED) is 0.198. The Hall–Kier alpha value is -2.77. The number of hydrogen-bond acceptors (Lipinski definition) is 2. The highest BCUT2D eigenvalue weighted by atomic mass is 28.4. The number of rotatable bonds is 11. The minimum Gasteiger partial charge on any atom is -0.531 e. The van der Waals surface area contributed by atoms with Crippen LogP contribution in [-0.2, 0) is 10.8 Å². The van der Waals surface area contributed by atoms with Crippen LogP contribution in [0.4, 0.5) is 0 Å². The molecule has 0 aliphatic rings. The first-order valence-electron chi connectivity index (χ1n) is 12.0. The van der Waals surface area contributed by atoms with Crippen molar-refractivity contribution < 1.29 is 9.22 Å². The first-order chi connectivity index (χ1) is 15.7. The molecule has 4 heteroatoms. The Bertz CT molecular complexity index is 921. The van der Waals surface area contributed by atoms with E-state index in [1.54, 1.807) is 4.90 Å². The first kappa shape index (κ1) is 26.5. The predicted octanol–water partition coefficient (Wildman–Crippen LogP) is 7.43. The van der Waals surface area contributed by atoms with Crippen LogP contribution in [0.15, 0.2) is 72.6 Å². The highest BCUT2D eigenvalue weighted by Crippen LogP contribution is 2.44. The third kappa shape index (κ3) is 6.62. The number of carbonyl (C=O) groups excluding carboxylic acids is 1. The number of amides is 1. The van der Waals surface area contributed by atoms with E-state index in [1.165, 1.54) is 5.56 Å². The second-order valence-corrected chi connectivity index (χ2v) is 14.8. The fourth-order valence-electron chi connectivity index (χ4n) is 4.83. The number of benzene rings is 2. The summed E-state index contributed by atoms with van der Waals surface area (Å²) in [4.78, 5) is 15.2. The normalized spacial score (nSPS) is 12.2. The number of terminal acetylenes is 1. The lowest BCUT2D eigenvalue weighted by molar-refractivity contribution is 0.0752. The minimum absolute atomic E-state index is 0.126. The van der Waals surface area contributed by atoms with Crippen LogP contribution in [0, 0.1) is 12.3 Å². The van der Waals surface area contributed by atoms with Crippen molar-refractivity contribution in [2.24, 2.45) is 0 Å². The standard InChI is InChI=1S/C29H39NO2Si/c1-8-22-30(29(31)27-19-13-10-14-20-27)28(21-15-18-26-16-11-9-12-17-26)32-33(23(2)3,24(4)5)25(6)7/h1,9-14,16-17,19-21,23-25H,15,18,22H2,2-7H3/b28-21-. The van der Waals surface area contributed by atoms with Gasteiger partial charge in [-0.25, -0.2) is 0 Å². The van der Waals surface area contributed by atoms with Gasteiger partial charge in [0.25, 0.3) is 14.2 Å². The molecule has 2 rings (SSSR count). The molecule has 0 saturated carbocycles. The summed E-state index contributed by atoms with van der Waals surface area (Å²) >= 11 is 0. The average Bonchev–Trinajstić information content (AvgIpc) is 2.80. The molecule has 2 aromatic rings. The molecule has 0 saturated heterocycles. The van der Waals surface area contributed by atoms with E-state index in [-0.39, 0.29) is 12.5 Å². The van der Waals surface area contributed by atoms with Gasteiger partial charge in [0.15, 0.2) is 5.88 Å². The van der Waals surface area contributed by atoms with Crippen molar-refractivity contribution in [3.05, 3.63) is 83.7 Å². The molecule has 0 aliphatic carbocycles. The lowest BCUT2D eigenvalue weighted by Crippen LogP contribution is -2.50. The van der Waals surface area contributed by atoms with Gasteiger partial charge in [-0.1, -0.05) is 96.0 Å². The van der Waals surface area contributed by atoms with Gasteiger partial charge >= 0.3 is 0 Å². The van der Waals surface area contributed by atoms with Crippen LogP contribution in [0.5, 0.6) is 0 Å². The van der Waals surface area contributed by atoms with Crippen molar-refractivity contribution in [2.75, 3.05) is 6.54 Å². The molecule has 0 bridgehead atoms. The van der Waals surface area contributed by atoms with E-state index in [9.17, 15) is 4.79 Å².